The Balaban J connectivity index is 1.56. The quantitative estimate of drug-likeness (QED) is 0.345. The maximum atomic E-state index is 6.26. The molecule has 0 saturated carbocycles. The lowest BCUT2D eigenvalue weighted by molar-refractivity contribution is 0.375. The first-order chi connectivity index (χ1) is 14.0. The van der Waals surface area contributed by atoms with E-state index in [-0.39, 0.29) is 5.41 Å². The Morgan fingerprint density at radius 3 is 2.52 bits per heavy atom. The highest BCUT2D eigenvalue weighted by molar-refractivity contribution is 6.06. The standard InChI is InChI=1S/C27H22O2/c1-16-7-9-23-20(12-16)21-14-18(8-10-24(21)28-23)19-13-17(2)26-22(15-19)27(3)11-5-4-6-25(27)29-26/h4-10,12-15H,11H2,1-3H3. The maximum absolute atomic E-state index is 6.26. The molecule has 1 atom stereocenters. The van der Waals surface area contributed by atoms with Gasteiger partial charge in [0.1, 0.15) is 22.7 Å². The van der Waals surface area contributed by atoms with E-state index in [1.165, 1.54) is 38.6 Å². The Bertz CT molecular complexity index is 1380. The van der Waals surface area contributed by atoms with E-state index >= 15 is 0 Å². The summed E-state index contributed by atoms with van der Waals surface area (Å²) in [6.07, 6.45) is 7.41. The van der Waals surface area contributed by atoms with E-state index in [2.05, 4.69) is 87.5 Å². The fourth-order valence-corrected chi connectivity index (χ4v) is 4.80. The molecule has 6 rings (SSSR count). The average Bonchev–Trinajstić information content (AvgIpc) is 3.22. The molecule has 0 spiro atoms. The highest BCUT2D eigenvalue weighted by Gasteiger charge is 2.42. The molecule has 0 fully saturated rings. The number of hydrogen-bond donors (Lipinski definition) is 0. The van der Waals surface area contributed by atoms with Crippen LogP contribution in [0.15, 0.2) is 76.9 Å². The number of hydrogen-bond acceptors (Lipinski definition) is 2. The van der Waals surface area contributed by atoms with E-state index < -0.39 is 0 Å². The Hall–Kier alpha value is -3.26. The zero-order valence-corrected chi connectivity index (χ0v) is 16.9. The first-order valence-electron chi connectivity index (χ1n) is 10.2. The lowest BCUT2D eigenvalue weighted by Gasteiger charge is -2.25. The van der Waals surface area contributed by atoms with Crippen LogP contribution in [0, 0.1) is 13.8 Å². The monoisotopic (exact) mass is 378 g/mol. The van der Waals surface area contributed by atoms with Crippen LogP contribution in [0.2, 0.25) is 0 Å². The summed E-state index contributed by atoms with van der Waals surface area (Å²) in [6.45, 7) is 6.55. The third-order valence-electron chi connectivity index (χ3n) is 6.49. The fraction of sp³-hybridized carbons (Fsp3) is 0.185. The van der Waals surface area contributed by atoms with Crippen LogP contribution < -0.4 is 4.74 Å². The van der Waals surface area contributed by atoms with Crippen molar-refractivity contribution in [3.63, 3.8) is 0 Å². The molecule has 2 nitrogen and oxygen atoms in total. The molecule has 2 heteroatoms. The zero-order chi connectivity index (χ0) is 19.8. The number of fused-ring (bicyclic) bond motifs is 6. The maximum Gasteiger partial charge on any atom is 0.135 e. The molecule has 4 aromatic rings. The van der Waals surface area contributed by atoms with Gasteiger partial charge >= 0.3 is 0 Å². The van der Waals surface area contributed by atoms with Crippen molar-refractivity contribution in [3.05, 3.63) is 89.2 Å². The molecule has 0 N–H and O–H groups in total. The van der Waals surface area contributed by atoms with Crippen LogP contribution in [0.25, 0.3) is 33.1 Å². The molecule has 1 aliphatic carbocycles. The molecule has 1 aromatic heterocycles. The number of allylic oxidation sites excluding steroid dienone is 4. The van der Waals surface area contributed by atoms with Gasteiger partial charge < -0.3 is 9.15 Å². The zero-order valence-electron chi connectivity index (χ0n) is 16.9. The summed E-state index contributed by atoms with van der Waals surface area (Å²) in [4.78, 5) is 0. The van der Waals surface area contributed by atoms with Crippen LogP contribution >= 0.6 is 0 Å². The smallest absolute Gasteiger partial charge is 0.135 e. The molecule has 0 bridgehead atoms. The third-order valence-corrected chi connectivity index (χ3v) is 6.49. The predicted molar refractivity (Wildman–Crippen MR) is 118 cm³/mol. The summed E-state index contributed by atoms with van der Waals surface area (Å²) < 4.78 is 12.3. The second kappa shape index (κ2) is 5.64. The molecular formula is C27H22O2. The number of aryl methyl sites for hydroxylation is 2. The second-order valence-corrected chi connectivity index (χ2v) is 8.58. The van der Waals surface area contributed by atoms with Crippen LogP contribution in [-0.4, -0.2) is 0 Å². The van der Waals surface area contributed by atoms with Crippen molar-refractivity contribution < 1.29 is 9.15 Å². The van der Waals surface area contributed by atoms with Gasteiger partial charge in [-0.25, -0.2) is 0 Å². The normalized spacial score (nSPS) is 19.9. The van der Waals surface area contributed by atoms with Crippen LogP contribution in [0.1, 0.15) is 30.0 Å². The summed E-state index contributed by atoms with van der Waals surface area (Å²) in [5.74, 6) is 2.08. The topological polar surface area (TPSA) is 22.4 Å². The van der Waals surface area contributed by atoms with Gasteiger partial charge in [-0.2, -0.15) is 0 Å². The van der Waals surface area contributed by atoms with E-state index in [9.17, 15) is 0 Å². The number of benzene rings is 3. The fourth-order valence-electron chi connectivity index (χ4n) is 4.80. The Morgan fingerprint density at radius 1 is 0.862 bits per heavy atom. The molecular weight excluding hydrogens is 356 g/mol. The summed E-state index contributed by atoms with van der Waals surface area (Å²) >= 11 is 0. The van der Waals surface area contributed by atoms with Gasteiger partial charge in [0.05, 0.1) is 5.41 Å². The molecule has 3 aromatic carbocycles. The van der Waals surface area contributed by atoms with Crippen molar-refractivity contribution in [2.24, 2.45) is 0 Å². The lowest BCUT2D eigenvalue weighted by atomic mass is 9.76. The van der Waals surface area contributed by atoms with E-state index in [4.69, 9.17) is 9.15 Å². The van der Waals surface area contributed by atoms with Gasteiger partial charge in [-0.05, 0) is 86.4 Å². The highest BCUT2D eigenvalue weighted by Crippen LogP contribution is 2.51. The van der Waals surface area contributed by atoms with Crippen LogP contribution in [0.4, 0.5) is 0 Å². The van der Waals surface area contributed by atoms with Crippen LogP contribution in [-0.2, 0) is 5.41 Å². The lowest BCUT2D eigenvalue weighted by Crippen LogP contribution is -2.22. The Kier molecular flexibility index (Phi) is 3.24. The first kappa shape index (κ1) is 16.7. The van der Waals surface area contributed by atoms with Crippen LogP contribution in [0.3, 0.4) is 0 Å². The molecule has 142 valence electrons. The summed E-state index contributed by atoms with van der Waals surface area (Å²) in [7, 11) is 0. The molecule has 0 saturated heterocycles. The first-order valence-corrected chi connectivity index (χ1v) is 10.2. The van der Waals surface area contributed by atoms with Gasteiger partial charge in [-0.1, -0.05) is 29.8 Å². The summed E-state index contributed by atoms with van der Waals surface area (Å²) in [6, 6.07) is 17.4. The summed E-state index contributed by atoms with van der Waals surface area (Å²) in [5, 5.41) is 2.35. The largest absolute Gasteiger partial charge is 0.460 e. The van der Waals surface area contributed by atoms with E-state index in [0.717, 1.165) is 29.1 Å². The molecule has 2 heterocycles. The second-order valence-electron chi connectivity index (χ2n) is 8.58. The van der Waals surface area contributed by atoms with Gasteiger partial charge in [-0.15, -0.1) is 0 Å². The number of rotatable bonds is 1. The van der Waals surface area contributed by atoms with Crippen molar-refractivity contribution in [1.29, 1.82) is 0 Å². The van der Waals surface area contributed by atoms with Crippen molar-refractivity contribution in [2.75, 3.05) is 0 Å². The highest BCUT2D eigenvalue weighted by atomic mass is 16.5. The summed E-state index contributed by atoms with van der Waals surface area (Å²) in [5.41, 5.74) is 7.95. The molecule has 0 radical (unpaired) electrons. The average molecular weight is 378 g/mol. The minimum atomic E-state index is -0.0750. The SMILES string of the molecule is Cc1ccc2oc3ccc(-c4cc(C)c5c(c4)C4(C)CC=CC=C4O5)cc3c2c1. The third kappa shape index (κ3) is 2.29. The number of ether oxygens (including phenoxy) is 1. The van der Waals surface area contributed by atoms with Gasteiger partial charge in [0.25, 0.3) is 0 Å². The van der Waals surface area contributed by atoms with Crippen molar-refractivity contribution in [2.45, 2.75) is 32.6 Å². The van der Waals surface area contributed by atoms with E-state index in [1.807, 2.05) is 0 Å². The minimum Gasteiger partial charge on any atom is -0.460 e. The molecule has 1 aliphatic heterocycles. The molecule has 1 unspecified atom stereocenters. The Labute approximate surface area is 170 Å². The van der Waals surface area contributed by atoms with Crippen molar-refractivity contribution in [1.82, 2.24) is 0 Å². The van der Waals surface area contributed by atoms with E-state index in [1.54, 1.807) is 0 Å². The van der Waals surface area contributed by atoms with Gasteiger partial charge in [0.2, 0.25) is 0 Å². The Morgan fingerprint density at radius 2 is 1.66 bits per heavy atom. The molecule has 0 amide bonds. The van der Waals surface area contributed by atoms with Gasteiger partial charge in [0.15, 0.2) is 0 Å². The van der Waals surface area contributed by atoms with Crippen LogP contribution in [0.5, 0.6) is 5.75 Å². The molecule has 29 heavy (non-hydrogen) atoms. The predicted octanol–water partition coefficient (Wildman–Crippen LogP) is 7.36. The van der Waals surface area contributed by atoms with Crippen molar-refractivity contribution >= 4 is 21.9 Å². The van der Waals surface area contributed by atoms with Crippen molar-refractivity contribution in [3.8, 4) is 16.9 Å². The van der Waals surface area contributed by atoms with E-state index in [0.29, 0.717) is 0 Å². The van der Waals surface area contributed by atoms with Gasteiger partial charge in [0, 0.05) is 16.3 Å². The molecule has 2 aliphatic rings. The minimum absolute atomic E-state index is 0.0750. The number of furan rings is 1. The van der Waals surface area contributed by atoms with Gasteiger partial charge in [-0.3, -0.25) is 0 Å².